The fourth-order valence-electron chi connectivity index (χ4n) is 6.87. The van der Waals surface area contributed by atoms with Crippen molar-refractivity contribution < 1.29 is 27.8 Å². The number of aryl methyl sites for hydroxylation is 1. The molecule has 2 aliphatic carbocycles. The second-order valence-corrected chi connectivity index (χ2v) is 14.1. The maximum atomic E-state index is 13.5. The molecule has 0 radical (unpaired) electrons. The van der Waals surface area contributed by atoms with Crippen LogP contribution in [0.2, 0.25) is 5.02 Å². The maximum absolute atomic E-state index is 13.5. The largest absolute Gasteiger partial charge is 0.490 e. The summed E-state index contributed by atoms with van der Waals surface area (Å²) >= 11 is 6.38. The minimum absolute atomic E-state index is 0.0441. The number of anilines is 1. The molecule has 1 unspecified atom stereocenters. The number of benzene rings is 2. The predicted molar refractivity (Wildman–Crippen MR) is 165 cm³/mol. The second-order valence-electron chi connectivity index (χ2n) is 12.1. The summed E-state index contributed by atoms with van der Waals surface area (Å²) < 4.78 is 31.7. The molecule has 9 nitrogen and oxygen atoms in total. The van der Waals surface area contributed by atoms with E-state index in [9.17, 15) is 18.9 Å². The zero-order chi connectivity index (χ0) is 30.2. The van der Waals surface area contributed by atoms with Gasteiger partial charge in [0.25, 0.3) is 16.1 Å². The molecule has 4 aliphatic rings. The molecule has 2 aromatic carbocycles. The number of carbonyl (C=O) groups is 2. The molecule has 6 rings (SSSR count). The van der Waals surface area contributed by atoms with Gasteiger partial charge in [0.05, 0.1) is 25.0 Å². The first-order valence-electron chi connectivity index (χ1n) is 15.1. The normalized spacial score (nSPS) is 31.4. The molecular weight excluding hydrogens is 590 g/mol. The van der Waals surface area contributed by atoms with E-state index in [0.717, 1.165) is 42.8 Å². The molecule has 1 saturated carbocycles. The van der Waals surface area contributed by atoms with Crippen molar-refractivity contribution in [2.45, 2.75) is 63.4 Å². The lowest BCUT2D eigenvalue weighted by Crippen LogP contribution is -2.49. The van der Waals surface area contributed by atoms with E-state index < -0.39 is 28.1 Å². The minimum Gasteiger partial charge on any atom is -0.490 e. The third-order valence-corrected chi connectivity index (χ3v) is 10.9. The van der Waals surface area contributed by atoms with Gasteiger partial charge in [0.2, 0.25) is 5.91 Å². The van der Waals surface area contributed by atoms with Crippen LogP contribution in [0.4, 0.5) is 5.69 Å². The summed E-state index contributed by atoms with van der Waals surface area (Å²) in [5, 5.41) is 11.8. The highest BCUT2D eigenvalue weighted by molar-refractivity contribution is 7.88. The highest BCUT2D eigenvalue weighted by Gasteiger charge is 2.44. The lowest BCUT2D eigenvalue weighted by atomic mass is 9.68. The monoisotopic (exact) mass is 627 g/mol. The van der Waals surface area contributed by atoms with Crippen LogP contribution >= 0.6 is 11.6 Å². The molecule has 43 heavy (non-hydrogen) atoms. The molecule has 230 valence electrons. The van der Waals surface area contributed by atoms with Gasteiger partial charge in [0.15, 0.2) is 0 Å². The molecule has 5 atom stereocenters. The van der Waals surface area contributed by atoms with Crippen LogP contribution < -0.4 is 14.4 Å². The van der Waals surface area contributed by atoms with Crippen molar-refractivity contribution in [2.75, 3.05) is 31.2 Å². The highest BCUT2D eigenvalue weighted by atomic mass is 35.5. The van der Waals surface area contributed by atoms with Crippen molar-refractivity contribution in [3.63, 3.8) is 0 Å². The van der Waals surface area contributed by atoms with E-state index in [4.69, 9.17) is 20.5 Å². The van der Waals surface area contributed by atoms with Crippen LogP contribution in [0.1, 0.15) is 66.9 Å². The number of hydrogen-bond acceptors (Lipinski definition) is 7. The first kappa shape index (κ1) is 30.1. The van der Waals surface area contributed by atoms with E-state index in [1.807, 2.05) is 6.07 Å². The average molecular weight is 628 g/mol. The topological polar surface area (TPSA) is 118 Å². The Balaban J connectivity index is 1.43. The van der Waals surface area contributed by atoms with Gasteiger partial charge in [0, 0.05) is 35.5 Å². The van der Waals surface area contributed by atoms with Crippen LogP contribution in [0.25, 0.3) is 0 Å². The molecule has 2 aliphatic heterocycles. The Kier molecular flexibility index (Phi) is 8.56. The predicted octanol–water partition coefficient (Wildman–Crippen LogP) is 5.14. The Bertz CT molecular complexity index is 1570. The van der Waals surface area contributed by atoms with Crippen molar-refractivity contribution in [3.05, 3.63) is 70.3 Å². The van der Waals surface area contributed by atoms with Crippen molar-refractivity contribution in [2.24, 2.45) is 16.2 Å². The number of carbonyl (C=O) groups excluding carboxylic acids is 2. The molecular formula is C32H38ClN3O6S. The lowest BCUT2D eigenvalue weighted by Gasteiger charge is -2.45. The standard InChI is InChI=1S/C32H38ClN3O6S/c1-2-30(38)34-43(40)35-31(39)22-9-13-29-27(17-22)36(18-23-8-11-25(23)28(37)7-3-4-15-42-43)19-32(20-41-29)14-5-6-21-16-24(33)10-12-26(21)32/h3,7,9-10,12-13,16-17,23,25,28,37H,2,4-6,8,11,14-15,18-20H2,1H3,(H,34,35,38,39,40)/b7-3+/t23-,25+,28-,32-,43?/m0/s1. The van der Waals surface area contributed by atoms with Gasteiger partial charge in [-0.15, -0.1) is 4.36 Å². The third kappa shape index (κ3) is 6.20. The molecule has 2 N–H and O–H groups in total. The SMILES string of the molecule is CCC(=O)NS1(=O)=NC(=O)c2ccc3c(c2)N(C[C@@H]2CC[C@H]2[C@@H](O)/C=C/CCO1)C[C@@]1(CCCc2cc(Cl)ccc21)CO3. The van der Waals surface area contributed by atoms with E-state index in [1.165, 1.54) is 11.1 Å². The summed E-state index contributed by atoms with van der Waals surface area (Å²) in [7, 11) is -3.83. The summed E-state index contributed by atoms with van der Waals surface area (Å²) in [5.74, 6) is -0.284. The summed E-state index contributed by atoms with van der Waals surface area (Å²) in [6.45, 7) is 3.41. The summed E-state index contributed by atoms with van der Waals surface area (Å²) in [4.78, 5) is 27.9. The number of ether oxygens (including phenoxy) is 1. The summed E-state index contributed by atoms with van der Waals surface area (Å²) in [5.41, 5.74) is 3.18. The number of aliphatic hydroxyl groups is 1. The van der Waals surface area contributed by atoms with Crippen LogP contribution in [0.3, 0.4) is 0 Å². The Morgan fingerprint density at radius 2 is 2.12 bits per heavy atom. The molecule has 1 spiro atoms. The van der Waals surface area contributed by atoms with E-state index in [0.29, 0.717) is 31.9 Å². The fourth-order valence-corrected chi connectivity index (χ4v) is 8.30. The number of halogens is 1. The highest BCUT2D eigenvalue weighted by Crippen LogP contribution is 2.46. The number of amides is 2. The van der Waals surface area contributed by atoms with Crippen molar-refractivity contribution in [1.29, 1.82) is 0 Å². The number of nitrogens with zero attached hydrogens (tertiary/aromatic N) is 2. The summed E-state index contributed by atoms with van der Waals surface area (Å²) in [6.07, 6.45) is 8.16. The van der Waals surface area contributed by atoms with Crippen molar-refractivity contribution >= 4 is 39.3 Å². The first-order valence-corrected chi connectivity index (χ1v) is 16.9. The zero-order valence-corrected chi connectivity index (χ0v) is 25.9. The smallest absolute Gasteiger partial charge is 0.288 e. The second kappa shape index (κ2) is 12.2. The van der Waals surface area contributed by atoms with Gasteiger partial charge < -0.3 is 14.7 Å². The number of rotatable bonds is 2. The zero-order valence-electron chi connectivity index (χ0n) is 24.3. The minimum atomic E-state index is -3.83. The van der Waals surface area contributed by atoms with E-state index in [-0.39, 0.29) is 35.8 Å². The van der Waals surface area contributed by atoms with Crippen molar-refractivity contribution in [3.8, 4) is 5.75 Å². The Morgan fingerprint density at radius 1 is 1.26 bits per heavy atom. The molecule has 11 heteroatoms. The van der Waals surface area contributed by atoms with Crippen LogP contribution in [0.5, 0.6) is 5.75 Å². The average Bonchev–Trinajstić information content (AvgIpc) is 3.11. The Morgan fingerprint density at radius 3 is 2.91 bits per heavy atom. The van der Waals surface area contributed by atoms with Crippen LogP contribution in [-0.4, -0.2) is 53.5 Å². The van der Waals surface area contributed by atoms with Crippen LogP contribution in [-0.2, 0) is 31.0 Å². The van der Waals surface area contributed by atoms with Gasteiger partial charge in [-0.2, -0.15) is 4.21 Å². The van der Waals surface area contributed by atoms with Crippen LogP contribution in [0.15, 0.2) is 52.9 Å². The van der Waals surface area contributed by atoms with Crippen molar-refractivity contribution in [1.82, 2.24) is 4.72 Å². The maximum Gasteiger partial charge on any atom is 0.288 e. The number of fused-ring (bicyclic) bond motifs is 4. The third-order valence-electron chi connectivity index (χ3n) is 9.28. The van der Waals surface area contributed by atoms with Gasteiger partial charge in [-0.05, 0) is 91.8 Å². The van der Waals surface area contributed by atoms with Gasteiger partial charge in [-0.1, -0.05) is 36.7 Å². The first-order chi connectivity index (χ1) is 20.7. The van der Waals surface area contributed by atoms with Gasteiger partial charge >= 0.3 is 0 Å². The van der Waals surface area contributed by atoms with Crippen LogP contribution in [0, 0.1) is 11.8 Å². The molecule has 0 aromatic heterocycles. The molecule has 0 saturated heterocycles. The van der Waals surface area contributed by atoms with E-state index in [2.05, 4.69) is 26.1 Å². The quantitative estimate of drug-likeness (QED) is 0.443. The van der Waals surface area contributed by atoms with Gasteiger partial charge in [-0.25, -0.2) is 4.72 Å². The molecule has 2 bridgehead atoms. The van der Waals surface area contributed by atoms with Gasteiger partial charge in [0.1, 0.15) is 5.75 Å². The van der Waals surface area contributed by atoms with E-state index in [1.54, 1.807) is 37.3 Å². The summed E-state index contributed by atoms with van der Waals surface area (Å²) in [6, 6.07) is 11.2. The molecule has 2 amide bonds. The number of aliphatic hydroxyl groups excluding tert-OH is 1. The van der Waals surface area contributed by atoms with Gasteiger partial charge in [-0.3, -0.25) is 13.8 Å². The van der Waals surface area contributed by atoms with E-state index >= 15 is 0 Å². The number of nitrogens with one attached hydrogen (secondary N) is 1. The molecule has 2 heterocycles. The molecule has 1 fully saturated rings. The Labute approximate surface area is 258 Å². The molecule has 2 aromatic rings. The fraction of sp³-hybridized carbons (Fsp3) is 0.500. The lowest BCUT2D eigenvalue weighted by molar-refractivity contribution is -0.119. The number of hydrogen-bond donors (Lipinski definition) is 2. The Hall–Kier alpha value is -2.92.